The standard InChI is InChI=1S/C20H35N3O4/c24-14-18-17(22-20(26)15-4-5-15)7-6-16(27-18)8-10-21-19(25)9-13-23-11-2-1-3-12-23/h15-18,24H,1-14H2,(H,21,25)(H,22,26)/t16-,17+,18-/m1/s1. The minimum Gasteiger partial charge on any atom is -0.394 e. The Kier molecular flexibility index (Phi) is 7.91. The lowest BCUT2D eigenvalue weighted by Crippen LogP contribution is -2.51. The first-order valence-electron chi connectivity index (χ1n) is 10.7. The van der Waals surface area contributed by atoms with Crippen molar-refractivity contribution in [2.24, 2.45) is 5.92 Å². The normalized spacial score (nSPS) is 29.3. The van der Waals surface area contributed by atoms with Crippen molar-refractivity contribution in [1.82, 2.24) is 15.5 Å². The summed E-state index contributed by atoms with van der Waals surface area (Å²) in [5, 5.41) is 15.6. The number of aliphatic hydroxyl groups excluding tert-OH is 1. The predicted octanol–water partition coefficient (Wildman–Crippen LogP) is 0.803. The summed E-state index contributed by atoms with van der Waals surface area (Å²) >= 11 is 0. The van der Waals surface area contributed by atoms with Crippen LogP contribution >= 0.6 is 0 Å². The summed E-state index contributed by atoms with van der Waals surface area (Å²) in [6.07, 6.45) is 8.39. The molecule has 3 aliphatic rings. The minimum atomic E-state index is -0.346. The SMILES string of the molecule is O=C(CCN1CCCCC1)NCC[C@H]1CC[C@H](NC(=O)C2CC2)[C@@H](CO)O1. The molecule has 3 rings (SSSR count). The number of piperidine rings is 1. The minimum absolute atomic E-state index is 0.0265. The van der Waals surface area contributed by atoms with Crippen LogP contribution in [0.2, 0.25) is 0 Å². The molecule has 0 aromatic heterocycles. The van der Waals surface area contributed by atoms with Crippen molar-refractivity contribution in [3.05, 3.63) is 0 Å². The van der Waals surface area contributed by atoms with Crippen LogP contribution in [0.3, 0.4) is 0 Å². The Bertz CT molecular complexity index is 492. The Morgan fingerprint density at radius 2 is 1.85 bits per heavy atom. The van der Waals surface area contributed by atoms with E-state index in [4.69, 9.17) is 4.74 Å². The lowest BCUT2D eigenvalue weighted by Gasteiger charge is -2.36. The van der Waals surface area contributed by atoms with Gasteiger partial charge >= 0.3 is 0 Å². The number of ether oxygens (including phenoxy) is 1. The van der Waals surface area contributed by atoms with Crippen LogP contribution in [0.25, 0.3) is 0 Å². The Labute approximate surface area is 162 Å². The first kappa shape index (κ1) is 20.6. The maximum Gasteiger partial charge on any atom is 0.223 e. The largest absolute Gasteiger partial charge is 0.394 e. The van der Waals surface area contributed by atoms with Crippen molar-refractivity contribution in [3.63, 3.8) is 0 Å². The summed E-state index contributed by atoms with van der Waals surface area (Å²) in [5.41, 5.74) is 0. The van der Waals surface area contributed by atoms with Gasteiger partial charge in [0.25, 0.3) is 0 Å². The molecular weight excluding hydrogens is 346 g/mol. The quantitative estimate of drug-likeness (QED) is 0.550. The molecule has 2 aliphatic heterocycles. The number of aliphatic hydroxyl groups is 1. The second kappa shape index (κ2) is 10.4. The Balaban J connectivity index is 1.29. The van der Waals surface area contributed by atoms with Gasteiger partial charge in [0.1, 0.15) is 6.10 Å². The third-order valence-electron chi connectivity index (χ3n) is 5.96. The van der Waals surface area contributed by atoms with Crippen LogP contribution in [0, 0.1) is 5.92 Å². The maximum absolute atomic E-state index is 12.0. The highest BCUT2D eigenvalue weighted by Gasteiger charge is 2.36. The number of amides is 2. The number of nitrogens with one attached hydrogen (secondary N) is 2. The molecule has 0 aromatic rings. The molecule has 2 amide bonds. The third-order valence-corrected chi connectivity index (χ3v) is 5.96. The van der Waals surface area contributed by atoms with Gasteiger partial charge in [-0.1, -0.05) is 6.42 Å². The molecule has 0 unspecified atom stereocenters. The fraction of sp³-hybridized carbons (Fsp3) is 0.900. The number of rotatable bonds is 9. The zero-order valence-electron chi connectivity index (χ0n) is 16.3. The van der Waals surface area contributed by atoms with Crippen LogP contribution in [0.4, 0.5) is 0 Å². The monoisotopic (exact) mass is 381 g/mol. The molecule has 7 nitrogen and oxygen atoms in total. The maximum atomic E-state index is 12.0. The van der Waals surface area contributed by atoms with Gasteiger partial charge in [0, 0.05) is 25.4 Å². The number of carbonyl (C=O) groups is 2. The number of hydrogen-bond donors (Lipinski definition) is 3. The average Bonchev–Trinajstić information content (AvgIpc) is 3.53. The van der Waals surface area contributed by atoms with E-state index in [1.165, 1.54) is 19.3 Å². The highest BCUT2D eigenvalue weighted by molar-refractivity contribution is 5.81. The van der Waals surface area contributed by atoms with Gasteiger partial charge in [-0.05, 0) is 58.0 Å². The molecule has 0 radical (unpaired) electrons. The lowest BCUT2D eigenvalue weighted by atomic mass is 9.97. The smallest absolute Gasteiger partial charge is 0.223 e. The fourth-order valence-electron chi connectivity index (χ4n) is 4.06. The summed E-state index contributed by atoms with van der Waals surface area (Å²) in [6.45, 7) is 3.59. The van der Waals surface area contributed by atoms with Gasteiger partial charge in [-0.3, -0.25) is 9.59 Å². The lowest BCUT2D eigenvalue weighted by molar-refractivity contribution is -0.130. The van der Waals surface area contributed by atoms with Gasteiger partial charge in [-0.25, -0.2) is 0 Å². The number of nitrogens with zero attached hydrogens (tertiary/aromatic N) is 1. The summed E-state index contributed by atoms with van der Waals surface area (Å²) in [6, 6.07) is -0.0986. The molecule has 3 atom stereocenters. The molecule has 3 N–H and O–H groups in total. The fourth-order valence-corrected chi connectivity index (χ4v) is 4.06. The van der Waals surface area contributed by atoms with E-state index in [0.717, 1.165) is 51.7 Å². The molecule has 3 fully saturated rings. The third kappa shape index (κ3) is 6.73. The summed E-state index contributed by atoms with van der Waals surface area (Å²) in [4.78, 5) is 26.3. The molecule has 0 bridgehead atoms. The Morgan fingerprint density at radius 1 is 1.07 bits per heavy atom. The molecule has 1 aliphatic carbocycles. The van der Waals surface area contributed by atoms with Crippen molar-refractivity contribution in [1.29, 1.82) is 0 Å². The van der Waals surface area contributed by atoms with E-state index in [1.807, 2.05) is 0 Å². The van der Waals surface area contributed by atoms with E-state index in [0.29, 0.717) is 13.0 Å². The number of likely N-dealkylation sites (tertiary alicyclic amines) is 1. The zero-order chi connectivity index (χ0) is 19.1. The van der Waals surface area contributed by atoms with Gasteiger partial charge in [0.2, 0.25) is 11.8 Å². The van der Waals surface area contributed by atoms with Crippen LogP contribution < -0.4 is 10.6 Å². The Hall–Kier alpha value is -1.18. The molecular formula is C20H35N3O4. The molecule has 27 heavy (non-hydrogen) atoms. The average molecular weight is 382 g/mol. The summed E-state index contributed by atoms with van der Waals surface area (Å²) in [5.74, 6) is 0.369. The van der Waals surface area contributed by atoms with Crippen molar-refractivity contribution < 1.29 is 19.4 Å². The van der Waals surface area contributed by atoms with Crippen LogP contribution in [0.5, 0.6) is 0 Å². The van der Waals surface area contributed by atoms with Crippen molar-refractivity contribution in [2.45, 2.75) is 76.0 Å². The molecule has 2 heterocycles. The van der Waals surface area contributed by atoms with Gasteiger partial charge in [0.15, 0.2) is 0 Å². The van der Waals surface area contributed by atoms with Crippen LogP contribution in [0.15, 0.2) is 0 Å². The molecule has 154 valence electrons. The highest BCUT2D eigenvalue weighted by atomic mass is 16.5. The van der Waals surface area contributed by atoms with Crippen LogP contribution in [-0.2, 0) is 14.3 Å². The summed E-state index contributed by atoms with van der Waals surface area (Å²) < 4.78 is 5.96. The number of carbonyl (C=O) groups excluding carboxylic acids is 2. The Morgan fingerprint density at radius 3 is 2.56 bits per heavy atom. The van der Waals surface area contributed by atoms with Gasteiger partial charge in [0.05, 0.1) is 18.8 Å². The molecule has 0 spiro atoms. The molecule has 2 saturated heterocycles. The van der Waals surface area contributed by atoms with Crippen LogP contribution in [0.1, 0.15) is 57.8 Å². The van der Waals surface area contributed by atoms with Crippen molar-refractivity contribution >= 4 is 11.8 Å². The highest BCUT2D eigenvalue weighted by Crippen LogP contribution is 2.30. The second-order valence-corrected chi connectivity index (χ2v) is 8.24. The van der Waals surface area contributed by atoms with E-state index in [1.54, 1.807) is 0 Å². The molecule has 7 heteroatoms. The zero-order valence-corrected chi connectivity index (χ0v) is 16.3. The van der Waals surface area contributed by atoms with E-state index in [9.17, 15) is 14.7 Å². The van der Waals surface area contributed by atoms with E-state index >= 15 is 0 Å². The summed E-state index contributed by atoms with van der Waals surface area (Å²) in [7, 11) is 0. The molecule has 0 aromatic carbocycles. The second-order valence-electron chi connectivity index (χ2n) is 8.24. The van der Waals surface area contributed by atoms with E-state index in [-0.39, 0.29) is 42.6 Å². The van der Waals surface area contributed by atoms with Crippen molar-refractivity contribution in [2.75, 3.05) is 32.8 Å². The first-order valence-corrected chi connectivity index (χ1v) is 10.7. The van der Waals surface area contributed by atoms with Crippen molar-refractivity contribution in [3.8, 4) is 0 Å². The van der Waals surface area contributed by atoms with E-state index in [2.05, 4.69) is 15.5 Å². The molecule has 1 saturated carbocycles. The predicted molar refractivity (Wildman–Crippen MR) is 102 cm³/mol. The first-order chi connectivity index (χ1) is 13.2. The van der Waals surface area contributed by atoms with Crippen LogP contribution in [-0.4, -0.2) is 72.9 Å². The number of hydrogen-bond acceptors (Lipinski definition) is 5. The van der Waals surface area contributed by atoms with Gasteiger partial charge in [-0.2, -0.15) is 0 Å². The van der Waals surface area contributed by atoms with E-state index < -0.39 is 0 Å². The topological polar surface area (TPSA) is 90.9 Å². The van der Waals surface area contributed by atoms with Gasteiger partial charge < -0.3 is 25.4 Å². The van der Waals surface area contributed by atoms with Gasteiger partial charge in [-0.15, -0.1) is 0 Å².